The molecule has 0 atom stereocenters. The van der Waals surface area contributed by atoms with Crippen LogP contribution in [0.15, 0.2) is 4.99 Å². The van der Waals surface area contributed by atoms with Crippen molar-refractivity contribution in [3.05, 3.63) is 0 Å². The molecule has 0 bridgehead atoms. The second-order valence-corrected chi connectivity index (χ2v) is 7.43. The third kappa shape index (κ3) is 7.58. The van der Waals surface area contributed by atoms with Gasteiger partial charge in [-0.2, -0.15) is 0 Å². The molecule has 0 spiro atoms. The average Bonchev–Trinajstić information content (AvgIpc) is 2.61. The Bertz CT molecular complexity index is 445. The molecule has 0 amide bonds. The van der Waals surface area contributed by atoms with Crippen molar-refractivity contribution in [1.82, 2.24) is 10.6 Å². The van der Waals surface area contributed by atoms with Crippen LogP contribution in [0.1, 0.15) is 71.6 Å². The number of halogens is 1. The summed E-state index contributed by atoms with van der Waals surface area (Å²) in [4.78, 5) is 16.5. The number of nitrogens with zero attached hydrogens (tertiary/aromatic N) is 1. The topological polar surface area (TPSA) is 83.0 Å². The molecule has 2 aliphatic rings. The van der Waals surface area contributed by atoms with E-state index < -0.39 is 5.60 Å². The zero-order valence-electron chi connectivity index (χ0n) is 16.3. The van der Waals surface area contributed by atoms with Gasteiger partial charge in [0.05, 0.1) is 24.7 Å². The number of guanidine groups is 1. The zero-order chi connectivity index (χ0) is 18.1. The molecule has 2 aliphatic carbocycles. The number of hydrogen-bond acceptors (Lipinski definition) is 4. The first-order chi connectivity index (χ1) is 12.1. The Labute approximate surface area is 175 Å². The molecule has 152 valence electrons. The van der Waals surface area contributed by atoms with Gasteiger partial charge < -0.3 is 20.5 Å². The highest BCUT2D eigenvalue weighted by Crippen LogP contribution is 2.28. The predicted molar refractivity (Wildman–Crippen MR) is 115 cm³/mol. The van der Waals surface area contributed by atoms with Crippen molar-refractivity contribution in [2.45, 2.75) is 83.3 Å². The molecule has 6 nitrogen and oxygen atoms in total. The minimum Gasteiger partial charge on any atom is -0.466 e. The van der Waals surface area contributed by atoms with Gasteiger partial charge in [0.1, 0.15) is 0 Å². The largest absolute Gasteiger partial charge is 0.466 e. The fraction of sp³-hybridized carbons (Fsp3) is 0.895. The number of ether oxygens (including phenoxy) is 1. The molecule has 0 radical (unpaired) electrons. The number of aliphatic imine (C=N–C) groups is 1. The lowest BCUT2D eigenvalue weighted by Gasteiger charge is -2.32. The third-order valence-electron chi connectivity index (χ3n) is 5.35. The lowest BCUT2D eigenvalue weighted by molar-refractivity contribution is -0.149. The van der Waals surface area contributed by atoms with E-state index in [2.05, 4.69) is 15.6 Å². The number of esters is 1. The average molecular weight is 481 g/mol. The van der Waals surface area contributed by atoms with Crippen molar-refractivity contribution in [3.8, 4) is 0 Å². The van der Waals surface area contributed by atoms with Gasteiger partial charge in [-0.1, -0.05) is 19.3 Å². The molecule has 0 saturated heterocycles. The molecule has 0 aromatic rings. The normalized spacial score (nSPS) is 25.7. The Kier molecular flexibility index (Phi) is 10.8. The maximum Gasteiger partial charge on any atom is 0.308 e. The maximum atomic E-state index is 11.8. The molecule has 7 heteroatoms. The van der Waals surface area contributed by atoms with Crippen LogP contribution in [-0.2, 0) is 9.53 Å². The van der Waals surface area contributed by atoms with Crippen LogP contribution in [0, 0.1) is 5.92 Å². The van der Waals surface area contributed by atoms with Gasteiger partial charge in [0, 0.05) is 12.6 Å². The van der Waals surface area contributed by atoms with Crippen molar-refractivity contribution in [2.24, 2.45) is 10.9 Å². The molecule has 0 aromatic carbocycles. The highest BCUT2D eigenvalue weighted by molar-refractivity contribution is 14.0. The minimum absolute atomic E-state index is 0. The SMILES string of the molecule is CCNC(=NCC1(O)CCCCC1)NC1CCC(C(=O)OCC)CC1.I. The summed E-state index contributed by atoms with van der Waals surface area (Å²) in [6, 6.07) is 0.324. The lowest BCUT2D eigenvalue weighted by atomic mass is 9.85. The summed E-state index contributed by atoms with van der Waals surface area (Å²) in [5.41, 5.74) is -0.637. The summed E-state index contributed by atoms with van der Waals surface area (Å²) < 4.78 is 5.13. The van der Waals surface area contributed by atoms with E-state index in [0.717, 1.165) is 63.9 Å². The quantitative estimate of drug-likeness (QED) is 0.235. The molecular weight excluding hydrogens is 445 g/mol. The smallest absolute Gasteiger partial charge is 0.308 e. The molecule has 0 aliphatic heterocycles. The lowest BCUT2D eigenvalue weighted by Crippen LogP contribution is -2.46. The first-order valence-electron chi connectivity index (χ1n) is 10.00. The van der Waals surface area contributed by atoms with Gasteiger partial charge in [0.25, 0.3) is 0 Å². The predicted octanol–water partition coefficient (Wildman–Crippen LogP) is 2.98. The van der Waals surface area contributed by atoms with E-state index in [4.69, 9.17) is 4.74 Å². The van der Waals surface area contributed by atoms with Gasteiger partial charge in [-0.05, 0) is 52.4 Å². The third-order valence-corrected chi connectivity index (χ3v) is 5.35. The Balaban J connectivity index is 0.00000338. The van der Waals surface area contributed by atoms with Crippen LogP contribution in [0.2, 0.25) is 0 Å². The molecule has 2 rings (SSSR count). The molecule has 2 saturated carbocycles. The van der Waals surface area contributed by atoms with Crippen molar-refractivity contribution in [2.75, 3.05) is 19.7 Å². The van der Waals surface area contributed by atoms with Gasteiger partial charge in [-0.25, -0.2) is 0 Å². The molecule has 2 fully saturated rings. The highest BCUT2D eigenvalue weighted by Gasteiger charge is 2.30. The fourth-order valence-corrected chi connectivity index (χ4v) is 3.84. The number of rotatable bonds is 6. The minimum atomic E-state index is -0.637. The Hall–Kier alpha value is -0.570. The summed E-state index contributed by atoms with van der Waals surface area (Å²) in [5, 5.41) is 17.4. The van der Waals surface area contributed by atoms with E-state index in [-0.39, 0.29) is 35.9 Å². The molecule has 0 unspecified atom stereocenters. The van der Waals surface area contributed by atoms with Gasteiger partial charge in [-0.3, -0.25) is 9.79 Å². The van der Waals surface area contributed by atoms with E-state index >= 15 is 0 Å². The number of carbonyl (C=O) groups excluding carboxylic acids is 1. The van der Waals surface area contributed by atoms with E-state index in [9.17, 15) is 9.90 Å². The molecule has 3 N–H and O–H groups in total. The van der Waals surface area contributed by atoms with E-state index in [1.165, 1.54) is 6.42 Å². The number of aliphatic hydroxyl groups is 1. The summed E-state index contributed by atoms with van der Waals surface area (Å²) in [7, 11) is 0. The first-order valence-corrected chi connectivity index (χ1v) is 10.00. The van der Waals surface area contributed by atoms with Crippen LogP contribution < -0.4 is 10.6 Å². The Morgan fingerprint density at radius 2 is 1.81 bits per heavy atom. The van der Waals surface area contributed by atoms with Gasteiger partial charge in [0.15, 0.2) is 5.96 Å². The zero-order valence-corrected chi connectivity index (χ0v) is 18.6. The molecular formula is C19H36IN3O3. The van der Waals surface area contributed by atoms with Crippen LogP contribution in [0.25, 0.3) is 0 Å². The van der Waals surface area contributed by atoms with Crippen molar-refractivity contribution >= 4 is 35.9 Å². The summed E-state index contributed by atoms with van der Waals surface area (Å²) >= 11 is 0. The number of carbonyl (C=O) groups is 1. The number of nitrogens with one attached hydrogen (secondary N) is 2. The van der Waals surface area contributed by atoms with Crippen molar-refractivity contribution in [1.29, 1.82) is 0 Å². The highest BCUT2D eigenvalue weighted by atomic mass is 127. The van der Waals surface area contributed by atoms with E-state index in [1.807, 2.05) is 13.8 Å². The molecule has 0 aromatic heterocycles. The van der Waals surface area contributed by atoms with Crippen LogP contribution >= 0.6 is 24.0 Å². The van der Waals surface area contributed by atoms with Gasteiger partial charge >= 0.3 is 5.97 Å². The maximum absolute atomic E-state index is 11.8. The number of hydrogen-bond donors (Lipinski definition) is 3. The molecule has 26 heavy (non-hydrogen) atoms. The van der Waals surface area contributed by atoms with Crippen LogP contribution in [-0.4, -0.2) is 48.4 Å². The molecule has 0 heterocycles. The van der Waals surface area contributed by atoms with Gasteiger partial charge in [0.2, 0.25) is 0 Å². The van der Waals surface area contributed by atoms with E-state index in [1.54, 1.807) is 0 Å². The van der Waals surface area contributed by atoms with E-state index in [0.29, 0.717) is 19.2 Å². The monoisotopic (exact) mass is 481 g/mol. The Morgan fingerprint density at radius 3 is 2.38 bits per heavy atom. The van der Waals surface area contributed by atoms with Crippen molar-refractivity contribution < 1.29 is 14.6 Å². The second-order valence-electron chi connectivity index (χ2n) is 7.43. The fourth-order valence-electron chi connectivity index (χ4n) is 3.84. The first kappa shape index (κ1) is 23.5. The van der Waals surface area contributed by atoms with Crippen LogP contribution in [0.3, 0.4) is 0 Å². The van der Waals surface area contributed by atoms with Crippen LogP contribution in [0.4, 0.5) is 0 Å². The second kappa shape index (κ2) is 12.0. The summed E-state index contributed by atoms with van der Waals surface area (Å²) in [5.74, 6) is 0.766. The summed E-state index contributed by atoms with van der Waals surface area (Å²) in [6.45, 7) is 5.61. The summed E-state index contributed by atoms with van der Waals surface area (Å²) in [6.07, 6.45) is 8.70. The Morgan fingerprint density at radius 1 is 1.15 bits per heavy atom. The van der Waals surface area contributed by atoms with Crippen LogP contribution in [0.5, 0.6) is 0 Å². The standard InChI is InChI=1S/C19H35N3O3.HI/c1-3-20-18(21-14-19(24)12-6-5-7-13-19)22-16-10-8-15(9-11-16)17(23)25-4-2;/h15-16,24H,3-14H2,1-2H3,(H2,20,21,22);1H. The van der Waals surface area contributed by atoms with Gasteiger partial charge in [-0.15, -0.1) is 24.0 Å². The van der Waals surface area contributed by atoms with Crippen molar-refractivity contribution in [3.63, 3.8) is 0 Å².